The highest BCUT2D eigenvalue weighted by molar-refractivity contribution is 5.49. The lowest BCUT2D eigenvalue weighted by Gasteiger charge is -2.45. The van der Waals surface area contributed by atoms with Crippen LogP contribution in [-0.4, -0.2) is 29.7 Å². The van der Waals surface area contributed by atoms with Crippen molar-refractivity contribution in [1.82, 2.24) is 10.2 Å². The Hall–Kier alpha value is -5.11. The SMILES string of the molecule is O=CCCCc1cccc2c1C(Oc1ccccc1)N(C1CCC(Oc3ccccc3)NC1Oc1ccccc1)C2Oc1ccccc1. The van der Waals surface area contributed by atoms with E-state index in [2.05, 4.69) is 28.4 Å². The highest BCUT2D eigenvalue weighted by Crippen LogP contribution is 2.49. The Morgan fingerprint density at radius 1 is 0.604 bits per heavy atom. The topological polar surface area (TPSA) is 69.3 Å². The van der Waals surface area contributed by atoms with E-state index >= 15 is 0 Å². The maximum atomic E-state index is 11.3. The summed E-state index contributed by atoms with van der Waals surface area (Å²) >= 11 is 0. The smallest absolute Gasteiger partial charge is 0.183 e. The molecule has 2 heterocycles. The fourth-order valence-corrected chi connectivity index (χ4v) is 6.69. The molecule has 5 aromatic rings. The minimum absolute atomic E-state index is 0.182. The minimum Gasteiger partial charge on any atom is -0.475 e. The van der Waals surface area contributed by atoms with Crippen molar-refractivity contribution in [2.24, 2.45) is 0 Å². The van der Waals surface area contributed by atoms with E-state index in [0.717, 1.165) is 71.7 Å². The second-order valence-electron chi connectivity index (χ2n) is 12.1. The molecule has 244 valence electrons. The Bertz CT molecular complexity index is 1740. The van der Waals surface area contributed by atoms with E-state index in [4.69, 9.17) is 18.9 Å². The molecule has 48 heavy (non-hydrogen) atoms. The molecule has 1 saturated heterocycles. The van der Waals surface area contributed by atoms with Gasteiger partial charge in [-0.3, -0.25) is 0 Å². The van der Waals surface area contributed by atoms with Crippen LogP contribution in [0.3, 0.4) is 0 Å². The third kappa shape index (κ3) is 7.23. The maximum Gasteiger partial charge on any atom is 0.183 e. The molecule has 5 aromatic carbocycles. The second kappa shape index (κ2) is 15.2. The molecule has 1 N–H and O–H groups in total. The van der Waals surface area contributed by atoms with Gasteiger partial charge in [-0.05, 0) is 79.8 Å². The molecule has 5 unspecified atom stereocenters. The summed E-state index contributed by atoms with van der Waals surface area (Å²) in [5.41, 5.74) is 3.27. The monoisotopic (exact) mass is 640 g/mol. The molecular weight excluding hydrogens is 600 g/mol. The van der Waals surface area contributed by atoms with Gasteiger partial charge in [-0.1, -0.05) is 91.0 Å². The number of carbonyl (C=O) groups excluding carboxylic acids is 1. The van der Waals surface area contributed by atoms with Gasteiger partial charge in [0.15, 0.2) is 24.9 Å². The van der Waals surface area contributed by atoms with Crippen LogP contribution in [0.2, 0.25) is 0 Å². The molecule has 2 aliphatic heterocycles. The number of fused-ring (bicyclic) bond motifs is 1. The van der Waals surface area contributed by atoms with Crippen molar-refractivity contribution in [3.8, 4) is 23.0 Å². The largest absolute Gasteiger partial charge is 0.475 e. The Kier molecular flexibility index (Phi) is 9.97. The summed E-state index contributed by atoms with van der Waals surface area (Å²) < 4.78 is 27.1. The summed E-state index contributed by atoms with van der Waals surface area (Å²) in [5, 5.41) is 3.69. The third-order valence-corrected chi connectivity index (χ3v) is 8.87. The number of benzene rings is 5. The van der Waals surface area contributed by atoms with Gasteiger partial charge in [-0.25, -0.2) is 10.2 Å². The molecule has 1 fully saturated rings. The number of rotatable bonds is 13. The Balaban J connectivity index is 1.30. The van der Waals surface area contributed by atoms with Crippen LogP contribution >= 0.6 is 0 Å². The number of unbranched alkanes of at least 4 members (excludes halogenated alkanes) is 1. The molecule has 0 aromatic heterocycles. The number of nitrogens with zero attached hydrogens (tertiary/aromatic N) is 1. The number of aryl methyl sites for hydroxylation is 1. The molecule has 0 amide bonds. The molecule has 0 radical (unpaired) electrons. The molecule has 7 rings (SSSR count). The lowest BCUT2D eigenvalue weighted by molar-refractivity contribution is -0.136. The van der Waals surface area contributed by atoms with Crippen molar-refractivity contribution in [1.29, 1.82) is 0 Å². The summed E-state index contributed by atoms with van der Waals surface area (Å²) in [6, 6.07) is 45.8. The van der Waals surface area contributed by atoms with Crippen molar-refractivity contribution < 1.29 is 23.7 Å². The fourth-order valence-electron chi connectivity index (χ4n) is 6.69. The standard InChI is InChI=1S/C41H40N2O5/c44-29-14-13-16-30-17-15-26-35-38(30)41(48-34-24-11-4-12-25-34)43(40(35)47-33-22-9-3-10-23-33)36-27-28-37(45-31-18-5-1-6-19-31)42-39(36)46-32-20-7-2-8-21-32/h1-12,15,17-26,29,36-37,39-42H,13-14,16,27-28H2. The molecule has 7 nitrogen and oxygen atoms in total. The average molecular weight is 641 g/mol. The zero-order valence-electron chi connectivity index (χ0n) is 26.8. The van der Waals surface area contributed by atoms with Gasteiger partial charge in [-0.15, -0.1) is 0 Å². The van der Waals surface area contributed by atoms with Gasteiger partial charge >= 0.3 is 0 Å². The number of hydrogen-bond donors (Lipinski definition) is 1. The fraction of sp³-hybridized carbons (Fsp3) is 0.244. The maximum absolute atomic E-state index is 11.3. The number of aldehydes is 1. The molecule has 7 heteroatoms. The first kappa shape index (κ1) is 31.5. The quantitative estimate of drug-likeness (QED) is 0.103. The van der Waals surface area contributed by atoms with Crippen LogP contribution < -0.4 is 24.3 Å². The van der Waals surface area contributed by atoms with Gasteiger partial charge in [0.1, 0.15) is 29.3 Å². The van der Waals surface area contributed by atoms with Gasteiger partial charge in [0.05, 0.1) is 6.04 Å². The molecule has 0 bridgehead atoms. The normalized spacial score (nSPS) is 22.0. The summed E-state index contributed by atoms with van der Waals surface area (Å²) in [6.45, 7) is 0. The van der Waals surface area contributed by atoms with Crippen LogP contribution in [-0.2, 0) is 11.2 Å². The van der Waals surface area contributed by atoms with Crippen molar-refractivity contribution in [2.75, 3.05) is 0 Å². The minimum atomic E-state index is -0.483. The van der Waals surface area contributed by atoms with Crippen LogP contribution in [0.4, 0.5) is 0 Å². The van der Waals surface area contributed by atoms with Gasteiger partial charge in [0.2, 0.25) is 0 Å². The van der Waals surface area contributed by atoms with Crippen molar-refractivity contribution in [3.63, 3.8) is 0 Å². The highest BCUT2D eigenvalue weighted by Gasteiger charge is 2.50. The summed E-state index contributed by atoms with van der Waals surface area (Å²) in [5.74, 6) is 3.08. The zero-order valence-corrected chi connectivity index (χ0v) is 26.8. The summed E-state index contributed by atoms with van der Waals surface area (Å²) in [6.07, 6.45) is 2.81. The first-order chi connectivity index (χ1) is 23.8. The molecular formula is C41H40N2O5. The van der Waals surface area contributed by atoms with E-state index in [1.54, 1.807) is 0 Å². The van der Waals surface area contributed by atoms with E-state index in [1.807, 2.05) is 121 Å². The van der Waals surface area contributed by atoms with Crippen LogP contribution in [0.1, 0.15) is 54.8 Å². The first-order valence-electron chi connectivity index (χ1n) is 16.7. The lowest BCUT2D eigenvalue weighted by Crippen LogP contribution is -2.61. The zero-order chi connectivity index (χ0) is 32.5. The van der Waals surface area contributed by atoms with Crippen LogP contribution in [0.5, 0.6) is 23.0 Å². The number of ether oxygens (including phenoxy) is 4. The Morgan fingerprint density at radius 2 is 1.15 bits per heavy atom. The number of piperidine rings is 1. The second-order valence-corrected chi connectivity index (χ2v) is 12.1. The first-order valence-corrected chi connectivity index (χ1v) is 16.7. The van der Waals surface area contributed by atoms with Crippen molar-refractivity contribution in [3.05, 3.63) is 156 Å². The van der Waals surface area contributed by atoms with Crippen molar-refractivity contribution in [2.45, 2.75) is 63.1 Å². The van der Waals surface area contributed by atoms with E-state index in [0.29, 0.717) is 6.42 Å². The predicted octanol–water partition coefficient (Wildman–Crippen LogP) is 8.24. The summed E-state index contributed by atoms with van der Waals surface area (Å²) in [7, 11) is 0. The van der Waals surface area contributed by atoms with Crippen molar-refractivity contribution >= 4 is 6.29 Å². The molecule has 2 aliphatic rings. The van der Waals surface area contributed by atoms with E-state index in [9.17, 15) is 4.79 Å². The van der Waals surface area contributed by atoms with Crippen LogP contribution in [0.25, 0.3) is 0 Å². The number of hydrogen-bond acceptors (Lipinski definition) is 7. The van der Waals surface area contributed by atoms with Gasteiger partial charge in [0.25, 0.3) is 0 Å². The number of para-hydroxylation sites is 4. The van der Waals surface area contributed by atoms with E-state index in [1.165, 1.54) is 0 Å². The molecule has 0 spiro atoms. The van der Waals surface area contributed by atoms with Gasteiger partial charge in [-0.2, -0.15) is 0 Å². The number of nitrogens with one attached hydrogen (secondary N) is 1. The van der Waals surface area contributed by atoms with Crippen LogP contribution in [0.15, 0.2) is 140 Å². The Labute approximate surface area is 282 Å². The number of carbonyl (C=O) groups is 1. The van der Waals surface area contributed by atoms with Gasteiger partial charge in [0, 0.05) is 17.5 Å². The predicted molar refractivity (Wildman–Crippen MR) is 185 cm³/mol. The van der Waals surface area contributed by atoms with Gasteiger partial charge < -0.3 is 23.7 Å². The Morgan fingerprint density at radius 3 is 1.73 bits per heavy atom. The molecule has 5 atom stereocenters. The third-order valence-electron chi connectivity index (χ3n) is 8.87. The van der Waals surface area contributed by atoms with E-state index < -0.39 is 18.7 Å². The highest BCUT2D eigenvalue weighted by atomic mass is 16.5. The molecule has 0 saturated carbocycles. The van der Waals surface area contributed by atoms with E-state index in [-0.39, 0.29) is 12.3 Å². The van der Waals surface area contributed by atoms with Crippen LogP contribution in [0, 0.1) is 0 Å². The molecule has 0 aliphatic carbocycles. The summed E-state index contributed by atoms with van der Waals surface area (Å²) in [4.78, 5) is 13.6. The average Bonchev–Trinajstić information content (AvgIpc) is 3.43. The lowest BCUT2D eigenvalue weighted by atomic mass is 9.97.